The maximum absolute atomic E-state index is 9.00. The summed E-state index contributed by atoms with van der Waals surface area (Å²) < 4.78 is 0. The molecule has 0 spiro atoms. The van der Waals surface area contributed by atoms with Gasteiger partial charge in [0, 0.05) is 19.2 Å². The average molecular weight is 289 g/mol. The Balaban J connectivity index is 1.78. The van der Waals surface area contributed by atoms with Crippen molar-refractivity contribution in [1.82, 2.24) is 5.32 Å². The highest BCUT2D eigenvalue weighted by Crippen LogP contribution is 2.27. The lowest BCUT2D eigenvalue weighted by Crippen LogP contribution is -2.29. The van der Waals surface area contributed by atoms with Crippen molar-refractivity contribution in [2.24, 2.45) is 5.92 Å². The van der Waals surface area contributed by atoms with Crippen molar-refractivity contribution in [1.29, 1.82) is 0 Å². The van der Waals surface area contributed by atoms with Gasteiger partial charge in [0.25, 0.3) is 0 Å². The zero-order valence-electron chi connectivity index (χ0n) is 13.5. The second-order valence-corrected chi connectivity index (χ2v) is 6.62. The Labute approximate surface area is 130 Å². The molecule has 1 fully saturated rings. The quantitative estimate of drug-likeness (QED) is 0.756. The molecule has 0 radical (unpaired) electrons. The van der Waals surface area contributed by atoms with E-state index in [9.17, 15) is 0 Å². The summed E-state index contributed by atoms with van der Waals surface area (Å²) in [6.07, 6.45) is 10.3. The van der Waals surface area contributed by atoms with Crippen LogP contribution >= 0.6 is 0 Å². The second-order valence-electron chi connectivity index (χ2n) is 6.62. The fourth-order valence-corrected chi connectivity index (χ4v) is 3.53. The molecule has 2 heteroatoms. The first-order valence-corrected chi connectivity index (χ1v) is 8.70. The van der Waals surface area contributed by atoms with E-state index in [4.69, 9.17) is 5.11 Å². The van der Waals surface area contributed by atoms with Crippen molar-refractivity contribution in [3.05, 3.63) is 35.4 Å². The van der Waals surface area contributed by atoms with E-state index in [0.29, 0.717) is 6.04 Å². The number of benzene rings is 1. The second kappa shape index (κ2) is 9.22. The number of aliphatic hydroxyl groups is 1. The summed E-state index contributed by atoms with van der Waals surface area (Å²) in [4.78, 5) is 0. The summed E-state index contributed by atoms with van der Waals surface area (Å²) in [5.41, 5.74) is 2.77. The van der Waals surface area contributed by atoms with Crippen LogP contribution < -0.4 is 5.32 Å². The Morgan fingerprint density at radius 1 is 1.14 bits per heavy atom. The lowest BCUT2D eigenvalue weighted by molar-refractivity contribution is 0.288. The smallest absolute Gasteiger partial charge is 0.0434 e. The highest BCUT2D eigenvalue weighted by atomic mass is 16.2. The topological polar surface area (TPSA) is 32.3 Å². The van der Waals surface area contributed by atoms with Gasteiger partial charge >= 0.3 is 0 Å². The van der Waals surface area contributed by atoms with Crippen LogP contribution in [0.1, 0.15) is 63.0 Å². The molecular formula is C19H31NO. The molecule has 1 saturated carbocycles. The lowest BCUT2D eigenvalue weighted by atomic mass is 9.85. The van der Waals surface area contributed by atoms with Crippen LogP contribution in [-0.4, -0.2) is 17.8 Å². The molecule has 21 heavy (non-hydrogen) atoms. The third-order valence-electron chi connectivity index (χ3n) is 4.78. The molecule has 118 valence electrons. The van der Waals surface area contributed by atoms with Gasteiger partial charge in [-0.1, -0.05) is 56.4 Å². The van der Waals surface area contributed by atoms with Crippen LogP contribution in [0, 0.1) is 5.92 Å². The van der Waals surface area contributed by atoms with E-state index in [1.807, 2.05) is 0 Å². The van der Waals surface area contributed by atoms with Crippen LogP contribution in [0.2, 0.25) is 0 Å². The molecular weight excluding hydrogens is 258 g/mol. The van der Waals surface area contributed by atoms with Gasteiger partial charge in [0.15, 0.2) is 0 Å². The zero-order valence-corrected chi connectivity index (χ0v) is 13.5. The van der Waals surface area contributed by atoms with Gasteiger partial charge in [-0.25, -0.2) is 0 Å². The summed E-state index contributed by atoms with van der Waals surface area (Å²) >= 11 is 0. The van der Waals surface area contributed by atoms with Crippen molar-refractivity contribution in [2.75, 3.05) is 6.61 Å². The highest BCUT2D eigenvalue weighted by Gasteiger charge is 2.16. The third kappa shape index (κ3) is 5.80. The summed E-state index contributed by atoms with van der Waals surface area (Å²) in [7, 11) is 0. The van der Waals surface area contributed by atoms with Crippen molar-refractivity contribution < 1.29 is 5.11 Å². The van der Waals surface area contributed by atoms with Crippen LogP contribution in [0.25, 0.3) is 0 Å². The number of hydrogen-bond acceptors (Lipinski definition) is 2. The van der Waals surface area contributed by atoms with Gasteiger partial charge in [-0.05, 0) is 43.2 Å². The van der Waals surface area contributed by atoms with E-state index in [1.54, 1.807) is 0 Å². The van der Waals surface area contributed by atoms with Crippen LogP contribution in [0.4, 0.5) is 0 Å². The van der Waals surface area contributed by atoms with E-state index in [2.05, 4.69) is 36.5 Å². The standard InChI is InChI=1S/C19H31NO/c1-16(14-17-8-3-2-4-9-17)20-15-19-11-6-5-10-18(19)12-7-13-21/h5-6,10-11,16-17,20-21H,2-4,7-9,12-15H2,1H3. The molecule has 0 saturated heterocycles. The molecule has 2 rings (SSSR count). The molecule has 0 heterocycles. The van der Waals surface area contributed by atoms with Crippen LogP contribution in [0.3, 0.4) is 0 Å². The molecule has 0 amide bonds. The number of nitrogens with one attached hydrogen (secondary N) is 1. The molecule has 0 aromatic heterocycles. The van der Waals surface area contributed by atoms with Gasteiger partial charge in [0.1, 0.15) is 0 Å². The van der Waals surface area contributed by atoms with E-state index in [1.165, 1.54) is 49.7 Å². The lowest BCUT2D eigenvalue weighted by Gasteiger charge is -2.25. The largest absolute Gasteiger partial charge is 0.396 e. The zero-order chi connectivity index (χ0) is 14.9. The van der Waals surface area contributed by atoms with Gasteiger partial charge in [-0.15, -0.1) is 0 Å². The molecule has 0 aliphatic heterocycles. The predicted octanol–water partition coefficient (Wildman–Crippen LogP) is 4.06. The first kappa shape index (κ1) is 16.5. The van der Waals surface area contributed by atoms with Crippen LogP contribution in [0.15, 0.2) is 24.3 Å². The van der Waals surface area contributed by atoms with Gasteiger partial charge < -0.3 is 10.4 Å². The van der Waals surface area contributed by atoms with Crippen molar-refractivity contribution in [2.45, 2.75) is 70.9 Å². The third-order valence-corrected chi connectivity index (χ3v) is 4.78. The Morgan fingerprint density at radius 2 is 1.86 bits per heavy atom. The van der Waals surface area contributed by atoms with Crippen molar-refractivity contribution in [3.63, 3.8) is 0 Å². The molecule has 2 N–H and O–H groups in total. The fraction of sp³-hybridized carbons (Fsp3) is 0.684. The molecule has 1 aliphatic carbocycles. The number of hydrogen-bond donors (Lipinski definition) is 2. The van der Waals surface area contributed by atoms with Crippen molar-refractivity contribution in [3.8, 4) is 0 Å². The van der Waals surface area contributed by atoms with E-state index >= 15 is 0 Å². The summed E-state index contributed by atoms with van der Waals surface area (Å²) in [6.45, 7) is 3.56. The minimum absolute atomic E-state index is 0.278. The van der Waals surface area contributed by atoms with Crippen LogP contribution in [-0.2, 0) is 13.0 Å². The van der Waals surface area contributed by atoms with Gasteiger partial charge in [0.05, 0.1) is 0 Å². The van der Waals surface area contributed by atoms with Gasteiger partial charge in [0.2, 0.25) is 0 Å². The van der Waals surface area contributed by atoms with E-state index in [-0.39, 0.29) is 6.61 Å². The SMILES string of the molecule is CC(CC1CCCCC1)NCc1ccccc1CCCO. The Bertz CT molecular complexity index is 398. The minimum atomic E-state index is 0.278. The van der Waals surface area contributed by atoms with E-state index < -0.39 is 0 Å². The number of rotatable bonds is 8. The van der Waals surface area contributed by atoms with Gasteiger partial charge in [-0.3, -0.25) is 0 Å². The molecule has 0 bridgehead atoms. The molecule has 1 aromatic carbocycles. The fourth-order valence-electron chi connectivity index (χ4n) is 3.53. The summed E-state index contributed by atoms with van der Waals surface area (Å²) in [5, 5.41) is 12.7. The Hall–Kier alpha value is -0.860. The predicted molar refractivity (Wildman–Crippen MR) is 89.3 cm³/mol. The average Bonchev–Trinajstić information content (AvgIpc) is 2.52. The maximum atomic E-state index is 9.00. The molecule has 1 atom stereocenters. The summed E-state index contributed by atoms with van der Waals surface area (Å²) in [5.74, 6) is 0.936. The van der Waals surface area contributed by atoms with Gasteiger partial charge in [-0.2, -0.15) is 0 Å². The Kier molecular flexibility index (Phi) is 7.25. The maximum Gasteiger partial charge on any atom is 0.0434 e. The molecule has 2 nitrogen and oxygen atoms in total. The highest BCUT2D eigenvalue weighted by molar-refractivity contribution is 5.27. The first-order chi connectivity index (χ1) is 10.3. The van der Waals surface area contributed by atoms with E-state index in [0.717, 1.165) is 25.3 Å². The number of aryl methyl sites for hydroxylation is 1. The normalized spacial score (nSPS) is 17.8. The molecule has 1 aromatic rings. The first-order valence-electron chi connectivity index (χ1n) is 8.70. The Morgan fingerprint density at radius 3 is 2.57 bits per heavy atom. The summed E-state index contributed by atoms with van der Waals surface area (Å²) in [6, 6.07) is 9.22. The number of aliphatic hydroxyl groups excluding tert-OH is 1. The molecule has 1 unspecified atom stereocenters. The van der Waals surface area contributed by atoms with Crippen LogP contribution in [0.5, 0.6) is 0 Å². The monoisotopic (exact) mass is 289 g/mol. The molecule has 1 aliphatic rings. The minimum Gasteiger partial charge on any atom is -0.396 e. The van der Waals surface area contributed by atoms with Crippen molar-refractivity contribution >= 4 is 0 Å².